The van der Waals surface area contributed by atoms with Gasteiger partial charge >= 0.3 is 5.97 Å². The number of nitrogens with one attached hydrogen (secondary N) is 1. The Morgan fingerprint density at radius 3 is 2.49 bits per heavy atom. The van der Waals surface area contributed by atoms with E-state index in [4.69, 9.17) is 14.2 Å². The summed E-state index contributed by atoms with van der Waals surface area (Å²) in [4.78, 5) is 39.6. The predicted octanol–water partition coefficient (Wildman–Crippen LogP) is 3.54. The molecule has 2 aliphatic rings. The van der Waals surface area contributed by atoms with E-state index >= 15 is 0 Å². The highest BCUT2D eigenvalue weighted by atomic mass is 16.5. The van der Waals surface area contributed by atoms with Gasteiger partial charge in [0.15, 0.2) is 6.61 Å². The molecule has 0 unspecified atom stereocenters. The summed E-state index contributed by atoms with van der Waals surface area (Å²) in [5.74, 6) is -0.512. The van der Waals surface area contributed by atoms with E-state index in [1.165, 1.54) is 7.11 Å². The largest absolute Gasteiger partial charge is 0.484 e. The number of carbonyl (C=O) groups is 3. The number of methoxy groups -OCH3 is 1. The molecule has 0 saturated carbocycles. The molecule has 0 aromatic heterocycles. The van der Waals surface area contributed by atoms with E-state index in [0.29, 0.717) is 30.1 Å². The Kier molecular flexibility index (Phi) is 8.40. The first-order chi connectivity index (χ1) is 17.9. The summed E-state index contributed by atoms with van der Waals surface area (Å²) in [6.45, 7) is 5.23. The van der Waals surface area contributed by atoms with Crippen LogP contribution < -0.4 is 10.1 Å². The molecule has 37 heavy (non-hydrogen) atoms. The van der Waals surface area contributed by atoms with E-state index in [9.17, 15) is 14.4 Å². The standard InChI is InChI=1S/C29H32N2O6/c1-19-6-8-22(9-7-19)17-31-20(2)27(29(34)35-3)25(28(31)33)15-21-10-12-23(13-11-21)37-18-26(32)30-16-24-5-4-14-36-24/h6-13,15,24H,4-5,14,16-18H2,1-3H3,(H,30,32)/b25-15-/t24-/m1/s1. The van der Waals surface area contributed by atoms with E-state index in [-0.39, 0.29) is 35.7 Å². The van der Waals surface area contributed by atoms with Crippen LogP contribution in [0.25, 0.3) is 6.08 Å². The lowest BCUT2D eigenvalue weighted by atomic mass is 10.0. The first kappa shape index (κ1) is 26.2. The molecule has 2 amide bonds. The Bertz CT molecular complexity index is 1210. The zero-order chi connectivity index (χ0) is 26.4. The van der Waals surface area contributed by atoms with Crippen molar-refractivity contribution in [2.45, 2.75) is 39.3 Å². The highest BCUT2D eigenvalue weighted by molar-refractivity contribution is 6.16. The van der Waals surface area contributed by atoms with Crippen molar-refractivity contribution in [2.24, 2.45) is 0 Å². The van der Waals surface area contributed by atoms with Crippen molar-refractivity contribution in [3.8, 4) is 5.75 Å². The van der Waals surface area contributed by atoms with Crippen LogP contribution in [0.1, 0.15) is 36.5 Å². The summed E-state index contributed by atoms with van der Waals surface area (Å²) in [7, 11) is 1.30. The minimum absolute atomic E-state index is 0.0787. The smallest absolute Gasteiger partial charge is 0.340 e. The summed E-state index contributed by atoms with van der Waals surface area (Å²) in [5.41, 5.74) is 3.89. The number of carbonyl (C=O) groups excluding carboxylic acids is 3. The monoisotopic (exact) mass is 504 g/mol. The number of allylic oxidation sites excluding steroid dienone is 1. The molecule has 1 N–H and O–H groups in total. The summed E-state index contributed by atoms with van der Waals surface area (Å²) in [6.07, 6.45) is 3.73. The molecule has 194 valence electrons. The van der Waals surface area contributed by atoms with Crippen molar-refractivity contribution in [3.05, 3.63) is 82.1 Å². The number of hydrogen-bond acceptors (Lipinski definition) is 6. The van der Waals surface area contributed by atoms with Gasteiger partial charge < -0.3 is 24.4 Å². The van der Waals surface area contributed by atoms with Gasteiger partial charge in [0, 0.05) is 18.8 Å². The lowest BCUT2D eigenvalue weighted by Crippen LogP contribution is -2.35. The molecule has 1 fully saturated rings. The van der Waals surface area contributed by atoms with Gasteiger partial charge in [-0.05, 0) is 56.0 Å². The summed E-state index contributed by atoms with van der Waals surface area (Å²) < 4.78 is 16.1. The second-order valence-corrected chi connectivity index (χ2v) is 9.18. The van der Waals surface area contributed by atoms with Crippen molar-refractivity contribution in [2.75, 3.05) is 26.9 Å². The van der Waals surface area contributed by atoms with Gasteiger partial charge in [-0.2, -0.15) is 0 Å². The molecule has 0 spiro atoms. The Labute approximate surface area is 216 Å². The van der Waals surface area contributed by atoms with Crippen LogP contribution in [-0.4, -0.2) is 55.7 Å². The Morgan fingerprint density at radius 2 is 1.84 bits per heavy atom. The van der Waals surface area contributed by atoms with Crippen LogP contribution in [0.2, 0.25) is 0 Å². The third kappa shape index (κ3) is 6.46. The van der Waals surface area contributed by atoms with E-state index in [0.717, 1.165) is 30.6 Å². The summed E-state index contributed by atoms with van der Waals surface area (Å²) in [5, 5.41) is 2.82. The number of nitrogens with zero attached hydrogens (tertiary/aromatic N) is 1. The Balaban J connectivity index is 1.43. The summed E-state index contributed by atoms with van der Waals surface area (Å²) in [6, 6.07) is 14.9. The third-order valence-electron chi connectivity index (χ3n) is 6.47. The minimum Gasteiger partial charge on any atom is -0.484 e. The molecule has 1 atom stereocenters. The topological polar surface area (TPSA) is 94.2 Å². The van der Waals surface area contributed by atoms with Crippen LogP contribution in [0, 0.1) is 6.92 Å². The van der Waals surface area contributed by atoms with E-state index in [1.807, 2.05) is 31.2 Å². The second-order valence-electron chi connectivity index (χ2n) is 9.18. The van der Waals surface area contributed by atoms with Crippen molar-refractivity contribution >= 4 is 23.9 Å². The van der Waals surface area contributed by atoms with Crippen molar-refractivity contribution < 1.29 is 28.6 Å². The third-order valence-corrected chi connectivity index (χ3v) is 6.47. The molecule has 8 nitrogen and oxygen atoms in total. The van der Waals surface area contributed by atoms with E-state index in [1.54, 1.807) is 42.2 Å². The quantitative estimate of drug-likeness (QED) is 0.415. The van der Waals surface area contributed by atoms with Crippen LogP contribution in [0.3, 0.4) is 0 Å². The van der Waals surface area contributed by atoms with Gasteiger partial charge in [-0.1, -0.05) is 42.0 Å². The molecule has 2 aliphatic heterocycles. The lowest BCUT2D eigenvalue weighted by molar-refractivity contribution is -0.136. The van der Waals surface area contributed by atoms with Crippen molar-refractivity contribution in [1.82, 2.24) is 10.2 Å². The van der Waals surface area contributed by atoms with Gasteiger partial charge in [0.25, 0.3) is 11.8 Å². The minimum atomic E-state index is -0.558. The summed E-state index contributed by atoms with van der Waals surface area (Å²) >= 11 is 0. The maximum absolute atomic E-state index is 13.4. The first-order valence-electron chi connectivity index (χ1n) is 12.4. The lowest BCUT2D eigenvalue weighted by Gasteiger charge is -2.18. The Hall–Kier alpha value is -3.91. The van der Waals surface area contributed by atoms with Crippen LogP contribution in [0.5, 0.6) is 5.75 Å². The number of benzene rings is 2. The highest BCUT2D eigenvalue weighted by Gasteiger charge is 2.37. The van der Waals surface area contributed by atoms with Crippen LogP contribution in [-0.2, 0) is 30.4 Å². The fourth-order valence-electron chi connectivity index (χ4n) is 4.35. The zero-order valence-electron chi connectivity index (χ0n) is 21.4. The molecule has 1 saturated heterocycles. The predicted molar refractivity (Wildman–Crippen MR) is 138 cm³/mol. The van der Waals surface area contributed by atoms with Gasteiger partial charge in [0.05, 0.1) is 30.9 Å². The normalized spacial score (nSPS) is 18.5. The molecule has 4 rings (SSSR count). The number of rotatable bonds is 9. The zero-order valence-corrected chi connectivity index (χ0v) is 21.4. The average Bonchev–Trinajstić information content (AvgIpc) is 3.51. The van der Waals surface area contributed by atoms with Crippen LogP contribution in [0.15, 0.2) is 65.4 Å². The highest BCUT2D eigenvalue weighted by Crippen LogP contribution is 2.33. The van der Waals surface area contributed by atoms with E-state index < -0.39 is 5.97 Å². The Morgan fingerprint density at radius 1 is 1.11 bits per heavy atom. The van der Waals surface area contributed by atoms with Gasteiger partial charge in [-0.15, -0.1) is 0 Å². The van der Waals surface area contributed by atoms with Crippen LogP contribution >= 0.6 is 0 Å². The fraction of sp³-hybridized carbons (Fsp3) is 0.345. The number of ether oxygens (including phenoxy) is 3. The molecule has 0 aliphatic carbocycles. The molecule has 0 bridgehead atoms. The van der Waals surface area contributed by atoms with Crippen molar-refractivity contribution in [1.29, 1.82) is 0 Å². The average molecular weight is 505 g/mol. The van der Waals surface area contributed by atoms with Gasteiger partial charge in [-0.25, -0.2) is 4.79 Å². The number of amides is 2. The molecule has 2 heterocycles. The number of hydrogen-bond donors (Lipinski definition) is 1. The molecule has 0 radical (unpaired) electrons. The fourth-order valence-corrected chi connectivity index (χ4v) is 4.35. The molecule has 2 aromatic rings. The maximum Gasteiger partial charge on any atom is 0.340 e. The molecular weight excluding hydrogens is 472 g/mol. The number of esters is 1. The SMILES string of the molecule is COC(=O)C1=C(C)N(Cc2ccc(C)cc2)C(=O)/C1=C\c1ccc(OCC(=O)NC[C@H]2CCCO2)cc1. The van der Waals surface area contributed by atoms with Gasteiger partial charge in [0.1, 0.15) is 5.75 Å². The van der Waals surface area contributed by atoms with E-state index in [2.05, 4.69) is 5.32 Å². The molecular formula is C29H32N2O6. The number of aryl methyl sites for hydroxylation is 1. The molecule has 8 heteroatoms. The first-order valence-corrected chi connectivity index (χ1v) is 12.4. The van der Waals surface area contributed by atoms with Crippen LogP contribution in [0.4, 0.5) is 0 Å². The van der Waals surface area contributed by atoms with Crippen molar-refractivity contribution in [3.63, 3.8) is 0 Å². The van der Waals surface area contributed by atoms with Gasteiger partial charge in [-0.3, -0.25) is 9.59 Å². The van der Waals surface area contributed by atoms with Gasteiger partial charge in [0.2, 0.25) is 0 Å². The second kappa shape index (κ2) is 11.9. The maximum atomic E-state index is 13.4. The molecule has 2 aromatic carbocycles.